The van der Waals surface area contributed by atoms with Crippen molar-refractivity contribution in [3.05, 3.63) is 40.3 Å². The number of carboxylic acids is 1. The fourth-order valence-corrected chi connectivity index (χ4v) is 2.99. The highest BCUT2D eigenvalue weighted by atomic mass is 16.5. The Morgan fingerprint density at radius 1 is 1.29 bits per heavy atom. The summed E-state index contributed by atoms with van der Waals surface area (Å²) in [5.41, 5.74) is 0.278. The van der Waals surface area contributed by atoms with E-state index < -0.39 is 11.9 Å². The number of amides is 1. The number of carbonyl (C=O) groups excluding carboxylic acids is 1. The molecule has 1 aromatic carbocycles. The first kappa shape index (κ1) is 21.6. The van der Waals surface area contributed by atoms with Crippen molar-refractivity contribution in [3.63, 3.8) is 0 Å². The number of rotatable bonds is 10. The van der Waals surface area contributed by atoms with Gasteiger partial charge in [0.2, 0.25) is 5.91 Å². The van der Waals surface area contributed by atoms with Crippen molar-refractivity contribution in [2.24, 2.45) is 13.0 Å². The molecule has 1 heterocycles. The average Bonchev–Trinajstić information content (AvgIpc) is 2.67. The number of aryl methyl sites for hydroxylation is 1. The molecular formula is C20H27N3O5. The van der Waals surface area contributed by atoms with Crippen LogP contribution in [0.3, 0.4) is 0 Å². The number of carboxylic acid groups (broad SMARTS) is 1. The highest BCUT2D eigenvalue weighted by Gasteiger charge is 2.22. The summed E-state index contributed by atoms with van der Waals surface area (Å²) in [4.78, 5) is 38.0. The molecule has 0 radical (unpaired) electrons. The van der Waals surface area contributed by atoms with Crippen LogP contribution < -0.4 is 5.56 Å². The summed E-state index contributed by atoms with van der Waals surface area (Å²) in [6.07, 6.45) is 0.614. The van der Waals surface area contributed by atoms with E-state index in [4.69, 9.17) is 4.74 Å². The van der Waals surface area contributed by atoms with Crippen LogP contribution >= 0.6 is 0 Å². The molecule has 0 saturated heterocycles. The number of benzene rings is 1. The number of ether oxygens (including phenoxy) is 1. The van der Waals surface area contributed by atoms with Crippen LogP contribution in [0.1, 0.15) is 26.0 Å². The highest BCUT2D eigenvalue weighted by Crippen LogP contribution is 2.15. The lowest BCUT2D eigenvalue weighted by atomic mass is 10.1. The third-order valence-corrected chi connectivity index (χ3v) is 4.54. The molecule has 1 unspecified atom stereocenters. The van der Waals surface area contributed by atoms with Gasteiger partial charge in [0, 0.05) is 38.7 Å². The van der Waals surface area contributed by atoms with Crippen LogP contribution in [0.2, 0.25) is 0 Å². The quantitative estimate of drug-likeness (QED) is 0.617. The Kier molecular flexibility index (Phi) is 7.69. The van der Waals surface area contributed by atoms with Crippen molar-refractivity contribution >= 4 is 22.6 Å². The van der Waals surface area contributed by atoms with Gasteiger partial charge in [-0.25, -0.2) is 4.68 Å². The minimum Gasteiger partial charge on any atom is -0.481 e. The minimum absolute atomic E-state index is 0.00436. The van der Waals surface area contributed by atoms with E-state index >= 15 is 0 Å². The second kappa shape index (κ2) is 9.98. The van der Waals surface area contributed by atoms with Crippen LogP contribution in [-0.4, -0.2) is 58.0 Å². The summed E-state index contributed by atoms with van der Waals surface area (Å²) in [5, 5.41) is 14.6. The lowest BCUT2D eigenvalue weighted by molar-refractivity contribution is -0.143. The standard InChI is InChI=1S/C20H27N3O5/c1-4-28-11-7-10-23(13-14(2)20(26)27)18(24)12-17-15-8-5-6-9-16(15)19(25)22(3)21-17/h5-6,8-9,14H,4,7,10-13H2,1-3H3,(H,26,27). The van der Waals surface area contributed by atoms with Gasteiger partial charge in [0.25, 0.3) is 5.56 Å². The topological polar surface area (TPSA) is 102 Å². The molecule has 1 atom stereocenters. The SMILES string of the molecule is CCOCCCN(CC(C)C(=O)O)C(=O)Cc1nn(C)c(=O)c2ccccc12. The van der Waals surface area contributed by atoms with E-state index in [1.807, 2.05) is 6.92 Å². The fraction of sp³-hybridized carbons (Fsp3) is 0.500. The molecule has 8 heteroatoms. The van der Waals surface area contributed by atoms with Crippen LogP contribution in [0, 0.1) is 5.92 Å². The molecule has 2 rings (SSSR count). The summed E-state index contributed by atoms with van der Waals surface area (Å²) in [5.74, 6) is -1.85. The van der Waals surface area contributed by atoms with Gasteiger partial charge in [-0.1, -0.05) is 25.1 Å². The molecule has 1 amide bonds. The molecule has 0 aliphatic rings. The number of fused-ring (bicyclic) bond motifs is 1. The Labute approximate surface area is 163 Å². The van der Waals surface area contributed by atoms with Crippen molar-refractivity contribution in [1.82, 2.24) is 14.7 Å². The zero-order valence-corrected chi connectivity index (χ0v) is 16.6. The van der Waals surface area contributed by atoms with Crippen molar-refractivity contribution < 1.29 is 19.4 Å². The number of nitrogens with zero attached hydrogens (tertiary/aromatic N) is 3. The first-order valence-corrected chi connectivity index (χ1v) is 9.38. The Hall–Kier alpha value is -2.74. The Bertz CT molecular complexity index is 893. The first-order valence-electron chi connectivity index (χ1n) is 9.38. The summed E-state index contributed by atoms with van der Waals surface area (Å²) in [7, 11) is 1.55. The van der Waals surface area contributed by atoms with Gasteiger partial charge in [0.05, 0.1) is 23.4 Å². The Balaban J connectivity index is 2.24. The largest absolute Gasteiger partial charge is 0.481 e. The van der Waals surface area contributed by atoms with Crippen molar-refractivity contribution in [2.45, 2.75) is 26.7 Å². The summed E-state index contributed by atoms with van der Waals surface area (Å²) in [6, 6.07) is 7.04. The molecule has 0 spiro atoms. The van der Waals surface area contributed by atoms with Crippen molar-refractivity contribution in [3.8, 4) is 0 Å². The fourth-order valence-electron chi connectivity index (χ4n) is 2.99. The lowest BCUT2D eigenvalue weighted by Crippen LogP contribution is -2.39. The van der Waals surface area contributed by atoms with E-state index in [0.717, 1.165) is 0 Å². The maximum Gasteiger partial charge on any atom is 0.308 e. The third kappa shape index (κ3) is 5.39. The zero-order valence-electron chi connectivity index (χ0n) is 16.6. The molecule has 1 N–H and O–H groups in total. The monoisotopic (exact) mass is 389 g/mol. The van der Waals surface area contributed by atoms with Gasteiger partial charge in [-0.2, -0.15) is 5.10 Å². The molecular weight excluding hydrogens is 362 g/mol. The summed E-state index contributed by atoms with van der Waals surface area (Å²) >= 11 is 0. The summed E-state index contributed by atoms with van der Waals surface area (Å²) in [6.45, 7) is 5.08. The first-order chi connectivity index (χ1) is 13.3. The Morgan fingerprint density at radius 3 is 2.61 bits per heavy atom. The van der Waals surface area contributed by atoms with E-state index in [2.05, 4.69) is 5.10 Å². The average molecular weight is 389 g/mol. The molecule has 152 valence electrons. The second-order valence-corrected chi connectivity index (χ2v) is 6.73. The van der Waals surface area contributed by atoms with Crippen LogP contribution in [-0.2, 0) is 27.8 Å². The van der Waals surface area contributed by atoms with E-state index in [9.17, 15) is 19.5 Å². The van der Waals surface area contributed by atoms with Gasteiger partial charge in [0.1, 0.15) is 0 Å². The molecule has 2 aromatic rings. The molecule has 0 bridgehead atoms. The Morgan fingerprint density at radius 2 is 1.96 bits per heavy atom. The third-order valence-electron chi connectivity index (χ3n) is 4.54. The van der Waals surface area contributed by atoms with Gasteiger partial charge in [0.15, 0.2) is 0 Å². The number of hydrogen-bond donors (Lipinski definition) is 1. The van der Waals surface area contributed by atoms with Gasteiger partial charge in [-0.15, -0.1) is 0 Å². The smallest absolute Gasteiger partial charge is 0.308 e. The molecule has 0 aliphatic carbocycles. The maximum atomic E-state index is 12.9. The van der Waals surface area contributed by atoms with Gasteiger partial charge >= 0.3 is 5.97 Å². The van der Waals surface area contributed by atoms with E-state index in [1.165, 1.54) is 4.68 Å². The van der Waals surface area contributed by atoms with Gasteiger partial charge in [-0.05, 0) is 19.4 Å². The number of aromatic nitrogens is 2. The number of carbonyl (C=O) groups is 2. The molecule has 28 heavy (non-hydrogen) atoms. The van der Waals surface area contributed by atoms with Crippen LogP contribution in [0.4, 0.5) is 0 Å². The van der Waals surface area contributed by atoms with E-state index in [0.29, 0.717) is 42.6 Å². The maximum absolute atomic E-state index is 12.9. The van der Waals surface area contributed by atoms with Crippen molar-refractivity contribution in [2.75, 3.05) is 26.3 Å². The van der Waals surface area contributed by atoms with Crippen LogP contribution in [0.25, 0.3) is 10.8 Å². The molecule has 0 saturated carbocycles. The lowest BCUT2D eigenvalue weighted by Gasteiger charge is -2.25. The predicted octanol–water partition coefficient (Wildman–Crippen LogP) is 1.45. The molecule has 1 aromatic heterocycles. The van der Waals surface area contributed by atoms with Crippen molar-refractivity contribution in [1.29, 1.82) is 0 Å². The minimum atomic E-state index is -0.951. The number of aliphatic carboxylic acids is 1. The second-order valence-electron chi connectivity index (χ2n) is 6.73. The van der Waals surface area contributed by atoms with E-state index in [1.54, 1.807) is 43.1 Å². The predicted molar refractivity (Wildman–Crippen MR) is 105 cm³/mol. The highest BCUT2D eigenvalue weighted by molar-refractivity contribution is 5.88. The number of hydrogen-bond acceptors (Lipinski definition) is 5. The van der Waals surface area contributed by atoms with E-state index in [-0.39, 0.29) is 24.4 Å². The molecule has 0 aliphatic heterocycles. The molecule has 8 nitrogen and oxygen atoms in total. The normalized spacial score (nSPS) is 12.1. The van der Waals surface area contributed by atoms with Gasteiger partial charge in [-0.3, -0.25) is 14.4 Å². The van der Waals surface area contributed by atoms with Gasteiger partial charge < -0.3 is 14.7 Å². The van der Waals surface area contributed by atoms with Crippen LogP contribution in [0.5, 0.6) is 0 Å². The summed E-state index contributed by atoms with van der Waals surface area (Å²) < 4.78 is 6.54. The van der Waals surface area contributed by atoms with Crippen LogP contribution in [0.15, 0.2) is 29.1 Å². The molecule has 0 fully saturated rings. The zero-order chi connectivity index (χ0) is 20.7.